The van der Waals surface area contributed by atoms with Crippen molar-refractivity contribution in [2.24, 2.45) is 5.92 Å². The van der Waals surface area contributed by atoms with Crippen molar-refractivity contribution in [2.75, 3.05) is 18.6 Å². The van der Waals surface area contributed by atoms with Gasteiger partial charge >= 0.3 is 0 Å². The van der Waals surface area contributed by atoms with Crippen molar-refractivity contribution in [3.63, 3.8) is 0 Å². The van der Waals surface area contributed by atoms with Crippen molar-refractivity contribution < 1.29 is 8.95 Å². The van der Waals surface area contributed by atoms with Crippen LogP contribution >= 0.6 is 0 Å². The molecule has 1 rings (SSSR count). The van der Waals surface area contributed by atoms with E-state index in [1.165, 1.54) is 5.56 Å². The number of ether oxygens (including phenoxy) is 1. The third-order valence-electron chi connectivity index (χ3n) is 2.98. The Kier molecular flexibility index (Phi) is 7.24. The molecule has 0 amide bonds. The van der Waals surface area contributed by atoms with Crippen molar-refractivity contribution in [3.05, 3.63) is 29.8 Å². The van der Waals surface area contributed by atoms with Crippen LogP contribution in [0.15, 0.2) is 24.3 Å². The average molecular weight is 297 g/mol. The normalized spacial score (nSPS) is 15.9. The molecule has 20 heavy (non-hydrogen) atoms. The Morgan fingerprint density at radius 1 is 1.15 bits per heavy atom. The monoisotopic (exact) mass is 297 g/mol. The predicted molar refractivity (Wildman–Crippen MR) is 86.7 cm³/mol. The highest BCUT2D eigenvalue weighted by Gasteiger charge is 2.10. The summed E-state index contributed by atoms with van der Waals surface area (Å²) < 4.78 is 16.9. The van der Waals surface area contributed by atoms with Gasteiger partial charge in [0.25, 0.3) is 0 Å². The third-order valence-corrected chi connectivity index (χ3v) is 3.95. The third kappa shape index (κ3) is 6.53. The number of benzene rings is 1. The zero-order chi connectivity index (χ0) is 15.1. The number of nitrogens with one attached hydrogen (secondary N) is 1. The van der Waals surface area contributed by atoms with Crippen LogP contribution in [0, 0.1) is 5.92 Å². The lowest BCUT2D eigenvalue weighted by molar-refractivity contribution is 0.271. The van der Waals surface area contributed by atoms with Crippen LogP contribution in [0.4, 0.5) is 0 Å². The zero-order valence-corrected chi connectivity index (χ0v) is 14.0. The highest BCUT2D eigenvalue weighted by atomic mass is 32.2. The van der Waals surface area contributed by atoms with Gasteiger partial charge in [0.05, 0.1) is 6.61 Å². The molecule has 0 saturated heterocycles. The van der Waals surface area contributed by atoms with E-state index in [2.05, 4.69) is 45.1 Å². The van der Waals surface area contributed by atoms with Crippen LogP contribution in [0.2, 0.25) is 0 Å². The van der Waals surface area contributed by atoms with E-state index >= 15 is 0 Å². The second-order valence-corrected chi connectivity index (χ2v) is 7.28. The van der Waals surface area contributed by atoms with Crippen molar-refractivity contribution in [1.82, 2.24) is 5.32 Å². The van der Waals surface area contributed by atoms with Gasteiger partial charge in [-0.05, 0) is 37.5 Å². The maximum atomic E-state index is 11.2. The second-order valence-electron chi connectivity index (χ2n) is 5.80. The lowest BCUT2D eigenvalue weighted by Gasteiger charge is -2.20. The molecule has 0 fully saturated rings. The van der Waals surface area contributed by atoms with Gasteiger partial charge < -0.3 is 10.1 Å². The Morgan fingerprint density at radius 3 is 2.25 bits per heavy atom. The molecule has 0 aliphatic heterocycles. The van der Waals surface area contributed by atoms with Gasteiger partial charge in [0.15, 0.2) is 0 Å². The summed E-state index contributed by atoms with van der Waals surface area (Å²) in [5.41, 5.74) is 1.22. The fourth-order valence-corrected chi connectivity index (χ4v) is 2.84. The number of hydrogen-bond donors (Lipinski definition) is 1. The van der Waals surface area contributed by atoms with Gasteiger partial charge in [-0.1, -0.05) is 26.0 Å². The summed E-state index contributed by atoms with van der Waals surface area (Å²) in [4.78, 5) is 0. The summed E-state index contributed by atoms with van der Waals surface area (Å²) >= 11 is 0. The zero-order valence-electron chi connectivity index (χ0n) is 13.2. The molecule has 0 aromatic heterocycles. The van der Waals surface area contributed by atoms with Gasteiger partial charge in [0.1, 0.15) is 5.75 Å². The smallest absolute Gasteiger partial charge is 0.119 e. The van der Waals surface area contributed by atoms with Crippen LogP contribution in [-0.4, -0.2) is 28.9 Å². The molecule has 3 atom stereocenters. The summed E-state index contributed by atoms with van der Waals surface area (Å²) in [6.07, 6.45) is 1.74. The van der Waals surface area contributed by atoms with Crippen molar-refractivity contribution in [3.8, 4) is 5.75 Å². The molecule has 1 aromatic rings. The first-order valence-electron chi connectivity index (χ1n) is 7.17. The highest BCUT2D eigenvalue weighted by molar-refractivity contribution is 7.84. The first kappa shape index (κ1) is 17.2. The summed E-state index contributed by atoms with van der Waals surface area (Å²) in [5, 5.41) is 3.46. The van der Waals surface area contributed by atoms with Gasteiger partial charge in [-0.15, -0.1) is 0 Å². The quantitative estimate of drug-likeness (QED) is 0.801. The molecule has 3 nitrogen and oxygen atoms in total. The van der Waals surface area contributed by atoms with Crippen LogP contribution in [0.1, 0.15) is 39.3 Å². The van der Waals surface area contributed by atoms with Gasteiger partial charge in [-0.3, -0.25) is 4.21 Å². The Morgan fingerprint density at radius 2 is 1.75 bits per heavy atom. The topological polar surface area (TPSA) is 38.3 Å². The SMILES string of the molecule is CC(C)COc1ccc(C(C)NC(C)CS(C)=O)cc1. The molecule has 0 aliphatic rings. The Balaban J connectivity index is 2.52. The average Bonchev–Trinajstić information content (AvgIpc) is 2.35. The van der Waals surface area contributed by atoms with Crippen LogP contribution in [0.3, 0.4) is 0 Å². The Bertz CT molecular complexity index is 417. The first-order valence-corrected chi connectivity index (χ1v) is 8.90. The van der Waals surface area contributed by atoms with Crippen LogP contribution in [-0.2, 0) is 10.8 Å². The predicted octanol–water partition coefficient (Wildman–Crippen LogP) is 3.14. The van der Waals surface area contributed by atoms with E-state index in [1.54, 1.807) is 6.26 Å². The van der Waals surface area contributed by atoms with E-state index in [-0.39, 0.29) is 12.1 Å². The molecule has 0 aliphatic carbocycles. The number of rotatable bonds is 8. The molecule has 0 saturated carbocycles. The molecule has 1 N–H and O–H groups in total. The maximum Gasteiger partial charge on any atom is 0.119 e. The second kappa shape index (κ2) is 8.42. The van der Waals surface area contributed by atoms with Gasteiger partial charge in [-0.2, -0.15) is 0 Å². The maximum absolute atomic E-state index is 11.2. The summed E-state index contributed by atoms with van der Waals surface area (Å²) in [5.74, 6) is 2.13. The Labute approximate surface area is 125 Å². The van der Waals surface area contributed by atoms with Crippen LogP contribution in [0.25, 0.3) is 0 Å². The van der Waals surface area contributed by atoms with Gasteiger partial charge in [0.2, 0.25) is 0 Å². The van der Waals surface area contributed by atoms with E-state index in [9.17, 15) is 4.21 Å². The van der Waals surface area contributed by atoms with E-state index in [0.29, 0.717) is 11.7 Å². The van der Waals surface area contributed by atoms with Crippen molar-refractivity contribution in [1.29, 1.82) is 0 Å². The lowest BCUT2D eigenvalue weighted by atomic mass is 10.1. The summed E-state index contributed by atoms with van der Waals surface area (Å²) in [6, 6.07) is 8.68. The van der Waals surface area contributed by atoms with Gasteiger partial charge in [-0.25, -0.2) is 0 Å². The van der Waals surface area contributed by atoms with Crippen LogP contribution < -0.4 is 10.1 Å². The standard InChI is InChI=1S/C16H27NO2S/c1-12(2)10-19-16-8-6-15(7-9-16)14(4)17-13(3)11-20(5)18/h6-9,12-14,17H,10-11H2,1-5H3. The van der Waals surface area contributed by atoms with E-state index in [4.69, 9.17) is 4.74 Å². The molecule has 114 valence electrons. The summed E-state index contributed by atoms with van der Waals surface area (Å²) in [7, 11) is -0.762. The molecule has 4 heteroatoms. The first-order chi connectivity index (χ1) is 9.38. The molecule has 0 radical (unpaired) electrons. The fraction of sp³-hybridized carbons (Fsp3) is 0.625. The largest absolute Gasteiger partial charge is 0.493 e. The van der Waals surface area contributed by atoms with Crippen molar-refractivity contribution >= 4 is 10.8 Å². The van der Waals surface area contributed by atoms with Crippen molar-refractivity contribution in [2.45, 2.75) is 39.8 Å². The fourth-order valence-electron chi connectivity index (χ4n) is 2.04. The van der Waals surface area contributed by atoms with Crippen LogP contribution in [0.5, 0.6) is 5.75 Å². The molecule has 1 aromatic carbocycles. The molecular formula is C16H27NO2S. The molecule has 3 unspecified atom stereocenters. The molecule has 0 heterocycles. The minimum atomic E-state index is -0.762. The van der Waals surface area contributed by atoms with E-state index in [0.717, 1.165) is 12.4 Å². The molecular weight excluding hydrogens is 270 g/mol. The number of hydrogen-bond acceptors (Lipinski definition) is 3. The van der Waals surface area contributed by atoms with E-state index < -0.39 is 10.8 Å². The molecule has 0 spiro atoms. The summed E-state index contributed by atoms with van der Waals surface area (Å²) in [6.45, 7) is 9.21. The van der Waals surface area contributed by atoms with E-state index in [1.807, 2.05) is 12.1 Å². The molecule has 0 bridgehead atoms. The lowest BCUT2D eigenvalue weighted by Crippen LogP contribution is -2.33. The Hall–Kier alpha value is -0.870. The minimum absolute atomic E-state index is 0.243. The van der Waals surface area contributed by atoms with Gasteiger partial charge in [0, 0.05) is 34.9 Å². The minimum Gasteiger partial charge on any atom is -0.493 e. The highest BCUT2D eigenvalue weighted by Crippen LogP contribution is 2.18.